The van der Waals surface area contributed by atoms with Crippen LogP contribution in [0, 0.1) is 12.3 Å². The SMILES string of the molecule is COC(=O)/C=C1\c2ccccc2N(S(=O)(=O)c2ccc(C)cc2)C[C@@]12CC=CCC2. The molecule has 2 aromatic carbocycles. The molecule has 6 heteroatoms. The summed E-state index contributed by atoms with van der Waals surface area (Å²) >= 11 is 0. The Hall–Kier alpha value is -2.86. The molecule has 30 heavy (non-hydrogen) atoms. The zero-order valence-corrected chi connectivity index (χ0v) is 18.0. The highest BCUT2D eigenvalue weighted by atomic mass is 32.2. The number of anilines is 1. The third kappa shape index (κ3) is 3.45. The van der Waals surface area contributed by atoms with Crippen LogP contribution in [0.25, 0.3) is 5.57 Å². The largest absolute Gasteiger partial charge is 0.466 e. The predicted molar refractivity (Wildman–Crippen MR) is 118 cm³/mol. The number of hydrogen-bond acceptors (Lipinski definition) is 4. The van der Waals surface area contributed by atoms with Crippen LogP contribution >= 0.6 is 0 Å². The molecule has 0 radical (unpaired) electrons. The maximum Gasteiger partial charge on any atom is 0.330 e. The average molecular weight is 424 g/mol. The normalized spacial score (nSPS) is 22.2. The van der Waals surface area contributed by atoms with Crippen LogP contribution in [-0.4, -0.2) is 28.0 Å². The summed E-state index contributed by atoms with van der Waals surface area (Å²) in [5.41, 5.74) is 2.73. The molecule has 5 nitrogen and oxygen atoms in total. The quantitative estimate of drug-likeness (QED) is 0.415. The van der Waals surface area contributed by atoms with Gasteiger partial charge in [0.2, 0.25) is 0 Å². The summed E-state index contributed by atoms with van der Waals surface area (Å²) in [6.07, 6.45) is 8.00. The highest BCUT2D eigenvalue weighted by molar-refractivity contribution is 7.92. The first-order chi connectivity index (χ1) is 14.4. The van der Waals surface area contributed by atoms with E-state index in [4.69, 9.17) is 4.74 Å². The van der Waals surface area contributed by atoms with Crippen LogP contribution in [-0.2, 0) is 19.6 Å². The van der Waals surface area contributed by atoms with E-state index < -0.39 is 21.4 Å². The van der Waals surface area contributed by atoms with Crippen molar-refractivity contribution in [3.63, 3.8) is 0 Å². The molecule has 2 aliphatic rings. The van der Waals surface area contributed by atoms with E-state index in [9.17, 15) is 13.2 Å². The second kappa shape index (κ2) is 7.76. The monoisotopic (exact) mass is 423 g/mol. The van der Waals surface area contributed by atoms with Gasteiger partial charge < -0.3 is 4.74 Å². The van der Waals surface area contributed by atoms with Gasteiger partial charge in [-0.15, -0.1) is 0 Å². The van der Waals surface area contributed by atoms with E-state index in [1.807, 2.05) is 37.3 Å². The fourth-order valence-electron chi connectivity index (χ4n) is 4.39. The second-order valence-corrected chi connectivity index (χ2v) is 9.78. The zero-order valence-electron chi connectivity index (χ0n) is 17.2. The van der Waals surface area contributed by atoms with Crippen molar-refractivity contribution in [2.75, 3.05) is 18.0 Å². The topological polar surface area (TPSA) is 63.7 Å². The van der Waals surface area contributed by atoms with Gasteiger partial charge in [0.1, 0.15) is 0 Å². The van der Waals surface area contributed by atoms with Gasteiger partial charge in [-0.3, -0.25) is 4.31 Å². The minimum Gasteiger partial charge on any atom is -0.466 e. The molecule has 1 heterocycles. The number of carbonyl (C=O) groups is 1. The molecule has 0 unspecified atom stereocenters. The Morgan fingerprint density at radius 3 is 2.50 bits per heavy atom. The van der Waals surface area contributed by atoms with Gasteiger partial charge in [-0.2, -0.15) is 0 Å². The zero-order chi connectivity index (χ0) is 21.4. The van der Waals surface area contributed by atoms with E-state index in [1.165, 1.54) is 17.5 Å². The van der Waals surface area contributed by atoms with Crippen molar-refractivity contribution in [3.8, 4) is 0 Å². The molecule has 1 atom stereocenters. The Labute approximate surface area is 177 Å². The number of aryl methyl sites for hydroxylation is 1. The molecular weight excluding hydrogens is 398 g/mol. The van der Waals surface area contributed by atoms with Crippen LogP contribution in [0.4, 0.5) is 5.69 Å². The summed E-state index contributed by atoms with van der Waals surface area (Å²) in [6.45, 7) is 2.22. The van der Waals surface area contributed by atoms with E-state index in [0.29, 0.717) is 12.1 Å². The highest BCUT2D eigenvalue weighted by Crippen LogP contribution is 2.52. The molecule has 4 rings (SSSR count). The van der Waals surface area contributed by atoms with Crippen LogP contribution in [0.3, 0.4) is 0 Å². The minimum atomic E-state index is -3.76. The lowest BCUT2D eigenvalue weighted by molar-refractivity contribution is -0.134. The third-order valence-electron chi connectivity index (χ3n) is 6.02. The molecule has 0 saturated heterocycles. The van der Waals surface area contributed by atoms with Crippen molar-refractivity contribution < 1.29 is 17.9 Å². The van der Waals surface area contributed by atoms with Gasteiger partial charge in [0.25, 0.3) is 10.0 Å². The number of methoxy groups -OCH3 is 1. The predicted octanol–water partition coefficient (Wildman–Crippen LogP) is 4.49. The van der Waals surface area contributed by atoms with Gasteiger partial charge in [0, 0.05) is 23.6 Å². The van der Waals surface area contributed by atoms with Gasteiger partial charge >= 0.3 is 5.97 Å². The fourth-order valence-corrected chi connectivity index (χ4v) is 5.96. The Balaban J connectivity index is 1.92. The summed E-state index contributed by atoms with van der Waals surface area (Å²) < 4.78 is 33.8. The first-order valence-corrected chi connectivity index (χ1v) is 11.5. The van der Waals surface area contributed by atoms with Gasteiger partial charge in [0.05, 0.1) is 17.7 Å². The molecule has 0 amide bonds. The Morgan fingerprint density at radius 2 is 1.83 bits per heavy atom. The molecule has 1 aliphatic heterocycles. The molecule has 0 aromatic heterocycles. The van der Waals surface area contributed by atoms with Crippen molar-refractivity contribution in [3.05, 3.63) is 77.9 Å². The molecular formula is C24H25NO4S. The van der Waals surface area contributed by atoms with Gasteiger partial charge in [-0.1, -0.05) is 48.0 Å². The van der Waals surface area contributed by atoms with Gasteiger partial charge in [-0.05, 0) is 50.0 Å². The Morgan fingerprint density at radius 1 is 1.10 bits per heavy atom. The summed E-state index contributed by atoms with van der Waals surface area (Å²) in [6, 6.07) is 14.3. The van der Waals surface area contributed by atoms with E-state index >= 15 is 0 Å². The van der Waals surface area contributed by atoms with Gasteiger partial charge in [-0.25, -0.2) is 13.2 Å². The average Bonchev–Trinajstić information content (AvgIpc) is 2.76. The Kier molecular flexibility index (Phi) is 5.28. The van der Waals surface area contributed by atoms with E-state index in [2.05, 4.69) is 12.2 Å². The second-order valence-electron chi connectivity index (χ2n) is 7.92. The number of sulfonamides is 1. The number of para-hydroxylation sites is 1. The number of rotatable bonds is 3. The number of esters is 1. The molecule has 2 aromatic rings. The Bertz CT molecular complexity index is 1130. The standard InChI is InChI=1S/C24H25NO4S/c1-18-10-12-19(13-11-18)30(27,28)25-17-24(14-6-3-7-15-24)21(16-23(26)29-2)20-8-4-5-9-22(20)25/h3-6,8-13,16H,7,14-15,17H2,1-2H3/b21-16+/t24-/m0/s1. The van der Waals surface area contributed by atoms with E-state index in [-0.39, 0.29) is 11.4 Å². The van der Waals surface area contributed by atoms with Crippen LogP contribution < -0.4 is 4.31 Å². The summed E-state index contributed by atoms with van der Waals surface area (Å²) in [7, 11) is -2.40. The van der Waals surface area contributed by atoms with Crippen molar-refractivity contribution in [2.45, 2.75) is 31.1 Å². The van der Waals surface area contributed by atoms with Crippen molar-refractivity contribution >= 4 is 27.3 Å². The van der Waals surface area contributed by atoms with Crippen LogP contribution in [0.2, 0.25) is 0 Å². The number of hydrogen-bond donors (Lipinski definition) is 0. The molecule has 0 N–H and O–H groups in total. The highest BCUT2D eigenvalue weighted by Gasteiger charge is 2.45. The molecule has 0 fully saturated rings. The molecule has 1 aliphatic carbocycles. The number of carbonyl (C=O) groups excluding carboxylic acids is 1. The van der Waals surface area contributed by atoms with Crippen molar-refractivity contribution in [2.24, 2.45) is 5.41 Å². The number of nitrogens with zero attached hydrogens (tertiary/aromatic N) is 1. The van der Waals surface area contributed by atoms with Gasteiger partial charge in [0.15, 0.2) is 0 Å². The molecule has 1 spiro atoms. The molecule has 0 saturated carbocycles. The van der Waals surface area contributed by atoms with Crippen LogP contribution in [0.15, 0.2) is 71.7 Å². The summed E-state index contributed by atoms with van der Waals surface area (Å²) in [4.78, 5) is 12.5. The smallest absolute Gasteiger partial charge is 0.330 e. The lowest BCUT2D eigenvalue weighted by Gasteiger charge is -2.46. The lowest BCUT2D eigenvalue weighted by Crippen LogP contribution is -2.46. The maximum atomic E-state index is 13.7. The van der Waals surface area contributed by atoms with Crippen molar-refractivity contribution in [1.29, 1.82) is 0 Å². The summed E-state index contributed by atoms with van der Waals surface area (Å²) in [5.74, 6) is -0.427. The van der Waals surface area contributed by atoms with E-state index in [1.54, 1.807) is 18.2 Å². The lowest BCUT2D eigenvalue weighted by atomic mass is 9.67. The maximum absolute atomic E-state index is 13.7. The third-order valence-corrected chi connectivity index (χ3v) is 7.79. The molecule has 0 bridgehead atoms. The first-order valence-electron chi connectivity index (χ1n) is 10.0. The van der Waals surface area contributed by atoms with E-state index in [0.717, 1.165) is 29.5 Å². The summed E-state index contributed by atoms with van der Waals surface area (Å²) in [5, 5.41) is 0. The first kappa shape index (κ1) is 20.4. The number of allylic oxidation sites excluding steroid dienone is 2. The van der Waals surface area contributed by atoms with Crippen LogP contribution in [0.5, 0.6) is 0 Å². The van der Waals surface area contributed by atoms with Crippen molar-refractivity contribution in [1.82, 2.24) is 0 Å². The number of fused-ring (bicyclic) bond motifs is 1. The minimum absolute atomic E-state index is 0.268. The molecule has 156 valence electrons. The number of benzene rings is 2. The van der Waals surface area contributed by atoms with Crippen LogP contribution in [0.1, 0.15) is 30.4 Å². The fraction of sp³-hybridized carbons (Fsp3) is 0.292. The number of ether oxygens (including phenoxy) is 1.